The molecule has 0 saturated heterocycles. The van der Waals surface area contributed by atoms with Crippen LogP contribution in [0.2, 0.25) is 0 Å². The lowest BCUT2D eigenvalue weighted by Crippen LogP contribution is -2.26. The van der Waals surface area contributed by atoms with E-state index in [1.807, 2.05) is 30.5 Å². The number of nitrogens with zero attached hydrogens (tertiary/aromatic N) is 4. The van der Waals surface area contributed by atoms with Gasteiger partial charge < -0.3 is 4.90 Å². The second-order valence-electron chi connectivity index (χ2n) is 5.70. The number of aromatic amines is 1. The summed E-state index contributed by atoms with van der Waals surface area (Å²) in [6.07, 6.45) is 3.60. The molecule has 0 spiro atoms. The maximum Gasteiger partial charge on any atom is 0.253 e. The van der Waals surface area contributed by atoms with Crippen molar-refractivity contribution in [2.24, 2.45) is 0 Å². The Morgan fingerprint density at radius 2 is 2.00 bits per heavy atom. The number of hydrogen-bond acceptors (Lipinski definition) is 4. The highest BCUT2D eigenvalue weighted by molar-refractivity contribution is 5.97. The Balaban J connectivity index is 1.62. The van der Waals surface area contributed by atoms with Gasteiger partial charge in [0.05, 0.1) is 0 Å². The van der Waals surface area contributed by atoms with Crippen molar-refractivity contribution in [3.8, 4) is 0 Å². The van der Waals surface area contributed by atoms with Gasteiger partial charge in [-0.15, -0.1) is 0 Å². The second-order valence-corrected chi connectivity index (χ2v) is 5.70. The lowest BCUT2D eigenvalue weighted by Gasteiger charge is -2.18. The molecular weight excluding hydrogens is 302 g/mol. The Labute approximate surface area is 138 Å². The summed E-state index contributed by atoms with van der Waals surface area (Å²) in [5.74, 6) is -0.0500. The molecule has 0 radical (unpaired) electrons. The fraction of sp³-hybridized carbons (Fsp3) is 0.111. The van der Waals surface area contributed by atoms with E-state index in [2.05, 4.69) is 20.4 Å². The molecule has 0 aliphatic heterocycles. The Bertz CT molecular complexity index is 1030. The number of carbonyl (C=O) groups is 1. The molecule has 1 N–H and O–H groups in total. The first-order valence-corrected chi connectivity index (χ1v) is 7.60. The number of carbonyl (C=O) groups excluding carboxylic acids is 1. The van der Waals surface area contributed by atoms with E-state index in [0.717, 1.165) is 21.9 Å². The molecule has 6 nitrogen and oxygen atoms in total. The molecule has 0 fully saturated rings. The third kappa shape index (κ3) is 2.48. The molecule has 0 bridgehead atoms. The third-order valence-corrected chi connectivity index (χ3v) is 4.09. The highest BCUT2D eigenvalue weighted by atomic mass is 16.2. The first-order valence-electron chi connectivity index (χ1n) is 7.60. The normalized spacial score (nSPS) is 11.0. The zero-order valence-electron chi connectivity index (χ0n) is 13.1. The summed E-state index contributed by atoms with van der Waals surface area (Å²) in [6.45, 7) is 0.525. The SMILES string of the molecule is CN(Cc1cccc2cnccc12)C(=O)c1ccc2n[nH]nc2c1. The van der Waals surface area contributed by atoms with Gasteiger partial charge in [-0.05, 0) is 35.2 Å². The van der Waals surface area contributed by atoms with Gasteiger partial charge in [0.15, 0.2) is 0 Å². The van der Waals surface area contributed by atoms with Crippen molar-refractivity contribution in [1.82, 2.24) is 25.3 Å². The zero-order valence-corrected chi connectivity index (χ0v) is 13.1. The van der Waals surface area contributed by atoms with Gasteiger partial charge in [0.2, 0.25) is 0 Å². The van der Waals surface area contributed by atoms with Crippen LogP contribution in [0.15, 0.2) is 54.9 Å². The van der Waals surface area contributed by atoms with Gasteiger partial charge in [-0.3, -0.25) is 9.78 Å². The minimum atomic E-state index is -0.0500. The molecule has 2 aromatic carbocycles. The van der Waals surface area contributed by atoms with Crippen LogP contribution in [0.3, 0.4) is 0 Å². The molecule has 6 heteroatoms. The number of benzene rings is 2. The quantitative estimate of drug-likeness (QED) is 0.630. The average Bonchev–Trinajstić information content (AvgIpc) is 3.09. The van der Waals surface area contributed by atoms with Gasteiger partial charge in [-0.2, -0.15) is 15.4 Å². The number of nitrogens with one attached hydrogen (secondary N) is 1. The van der Waals surface area contributed by atoms with Crippen LogP contribution in [0, 0.1) is 0 Å². The van der Waals surface area contributed by atoms with E-state index in [9.17, 15) is 4.79 Å². The fourth-order valence-electron chi connectivity index (χ4n) is 2.85. The van der Waals surface area contributed by atoms with Gasteiger partial charge in [0, 0.05) is 36.9 Å². The van der Waals surface area contributed by atoms with E-state index in [1.165, 1.54) is 0 Å². The molecule has 1 amide bonds. The molecule has 2 aromatic heterocycles. The van der Waals surface area contributed by atoms with Crippen molar-refractivity contribution in [1.29, 1.82) is 0 Å². The predicted molar refractivity (Wildman–Crippen MR) is 91.4 cm³/mol. The van der Waals surface area contributed by atoms with Crippen LogP contribution in [0.1, 0.15) is 15.9 Å². The number of aromatic nitrogens is 4. The Kier molecular flexibility index (Phi) is 3.42. The summed E-state index contributed by atoms with van der Waals surface area (Å²) in [5.41, 5.74) is 3.12. The van der Waals surface area contributed by atoms with E-state index in [0.29, 0.717) is 17.6 Å². The largest absolute Gasteiger partial charge is 0.337 e. The molecule has 4 rings (SSSR count). The fourth-order valence-corrected chi connectivity index (χ4v) is 2.85. The first-order chi connectivity index (χ1) is 11.7. The standard InChI is InChI=1S/C18H15N5O/c1-23(11-14-4-2-3-13-10-19-8-7-15(13)14)18(24)12-5-6-16-17(9-12)21-22-20-16/h2-10H,11H2,1H3,(H,20,21,22). The van der Waals surface area contributed by atoms with E-state index >= 15 is 0 Å². The summed E-state index contributed by atoms with van der Waals surface area (Å²) in [6, 6.07) is 13.3. The Morgan fingerprint density at radius 3 is 2.92 bits per heavy atom. The second kappa shape index (κ2) is 5.73. The number of pyridine rings is 1. The molecule has 4 aromatic rings. The topological polar surface area (TPSA) is 74.8 Å². The van der Waals surface area contributed by atoms with Gasteiger partial charge in [0.25, 0.3) is 5.91 Å². The molecule has 0 aliphatic carbocycles. The molecule has 2 heterocycles. The maximum atomic E-state index is 12.7. The zero-order chi connectivity index (χ0) is 16.5. The predicted octanol–water partition coefficient (Wildman–Crippen LogP) is 2.78. The maximum absolute atomic E-state index is 12.7. The lowest BCUT2D eigenvalue weighted by molar-refractivity contribution is 0.0786. The highest BCUT2D eigenvalue weighted by Crippen LogP contribution is 2.20. The Hall–Kier alpha value is -3.28. The van der Waals surface area contributed by atoms with Crippen LogP contribution < -0.4 is 0 Å². The van der Waals surface area contributed by atoms with Crippen LogP contribution in [-0.4, -0.2) is 38.2 Å². The lowest BCUT2D eigenvalue weighted by atomic mass is 10.1. The van der Waals surface area contributed by atoms with E-state index in [1.54, 1.807) is 36.3 Å². The van der Waals surface area contributed by atoms with Crippen LogP contribution >= 0.6 is 0 Å². The number of hydrogen-bond donors (Lipinski definition) is 1. The molecular formula is C18H15N5O. The van der Waals surface area contributed by atoms with Crippen LogP contribution in [0.5, 0.6) is 0 Å². The van der Waals surface area contributed by atoms with Gasteiger partial charge in [0.1, 0.15) is 11.0 Å². The first kappa shape index (κ1) is 14.3. The summed E-state index contributed by atoms with van der Waals surface area (Å²) >= 11 is 0. The molecule has 0 atom stereocenters. The summed E-state index contributed by atoms with van der Waals surface area (Å²) in [5, 5.41) is 12.8. The summed E-state index contributed by atoms with van der Waals surface area (Å²) in [7, 11) is 1.80. The number of amides is 1. The van der Waals surface area contributed by atoms with Crippen molar-refractivity contribution in [3.05, 3.63) is 66.0 Å². The van der Waals surface area contributed by atoms with Crippen molar-refractivity contribution < 1.29 is 4.79 Å². The van der Waals surface area contributed by atoms with Gasteiger partial charge >= 0.3 is 0 Å². The number of rotatable bonds is 3. The molecule has 0 aliphatic rings. The highest BCUT2D eigenvalue weighted by Gasteiger charge is 2.14. The van der Waals surface area contributed by atoms with E-state index < -0.39 is 0 Å². The number of H-pyrrole nitrogens is 1. The van der Waals surface area contributed by atoms with E-state index in [-0.39, 0.29) is 5.91 Å². The third-order valence-electron chi connectivity index (χ3n) is 4.09. The van der Waals surface area contributed by atoms with Crippen molar-refractivity contribution in [2.45, 2.75) is 6.54 Å². The van der Waals surface area contributed by atoms with Crippen molar-refractivity contribution in [2.75, 3.05) is 7.05 Å². The number of fused-ring (bicyclic) bond motifs is 2. The van der Waals surface area contributed by atoms with Crippen molar-refractivity contribution in [3.63, 3.8) is 0 Å². The van der Waals surface area contributed by atoms with Crippen molar-refractivity contribution >= 4 is 27.7 Å². The summed E-state index contributed by atoms with van der Waals surface area (Å²) < 4.78 is 0. The van der Waals surface area contributed by atoms with Crippen LogP contribution in [-0.2, 0) is 6.54 Å². The van der Waals surface area contributed by atoms with E-state index in [4.69, 9.17) is 0 Å². The van der Waals surface area contributed by atoms with Gasteiger partial charge in [-0.25, -0.2) is 0 Å². The summed E-state index contributed by atoms with van der Waals surface area (Å²) in [4.78, 5) is 18.6. The average molecular weight is 317 g/mol. The molecule has 0 unspecified atom stereocenters. The Morgan fingerprint density at radius 1 is 1.12 bits per heavy atom. The molecule has 24 heavy (non-hydrogen) atoms. The smallest absolute Gasteiger partial charge is 0.253 e. The van der Waals surface area contributed by atoms with Crippen LogP contribution in [0.4, 0.5) is 0 Å². The monoisotopic (exact) mass is 317 g/mol. The van der Waals surface area contributed by atoms with Crippen LogP contribution in [0.25, 0.3) is 21.8 Å². The minimum absolute atomic E-state index is 0.0500. The molecule has 0 saturated carbocycles. The minimum Gasteiger partial charge on any atom is -0.337 e. The van der Waals surface area contributed by atoms with Gasteiger partial charge in [-0.1, -0.05) is 18.2 Å². The molecule has 118 valence electrons.